The number of nitrogens with zero attached hydrogens (tertiary/aromatic N) is 1. The number of fused-ring (bicyclic) bond motifs is 1. The maximum Gasteiger partial charge on any atom is 0.187 e. The third-order valence-electron chi connectivity index (χ3n) is 4.36. The lowest BCUT2D eigenvalue weighted by Gasteiger charge is -2.35. The second kappa shape index (κ2) is 6.16. The van der Waals surface area contributed by atoms with Gasteiger partial charge in [-0.05, 0) is 50.1 Å². The largest absolute Gasteiger partial charge is 0.379 e. The fourth-order valence-electron chi connectivity index (χ4n) is 3.14. The first-order chi connectivity index (χ1) is 11.4. The van der Waals surface area contributed by atoms with Crippen LogP contribution >= 0.6 is 0 Å². The van der Waals surface area contributed by atoms with Crippen LogP contribution in [-0.4, -0.2) is 25.4 Å². The summed E-state index contributed by atoms with van der Waals surface area (Å²) in [7, 11) is 3.98. The molecule has 1 aliphatic rings. The number of anilines is 1. The predicted molar refractivity (Wildman–Crippen MR) is 100 cm³/mol. The second-order valence-electron chi connectivity index (χ2n) is 7.21. The van der Waals surface area contributed by atoms with E-state index in [1.807, 2.05) is 49.3 Å². The van der Waals surface area contributed by atoms with Crippen molar-refractivity contribution in [1.29, 1.82) is 0 Å². The van der Waals surface area contributed by atoms with Crippen LogP contribution in [0.5, 0.6) is 0 Å². The van der Waals surface area contributed by atoms with Crippen molar-refractivity contribution >= 4 is 17.2 Å². The van der Waals surface area contributed by atoms with Crippen LogP contribution in [0.15, 0.2) is 54.6 Å². The summed E-state index contributed by atoms with van der Waals surface area (Å²) < 4.78 is 0. The van der Waals surface area contributed by atoms with Crippen molar-refractivity contribution in [1.82, 2.24) is 5.32 Å². The number of hydrogen-bond acceptors (Lipinski definition) is 3. The Hall–Kier alpha value is -2.55. The van der Waals surface area contributed by atoms with Gasteiger partial charge in [0.1, 0.15) is 0 Å². The molecule has 0 atom stereocenters. The van der Waals surface area contributed by atoms with Gasteiger partial charge >= 0.3 is 0 Å². The molecule has 124 valence electrons. The molecule has 0 saturated heterocycles. The number of nitrogens with one attached hydrogen (secondary N) is 1. The van der Waals surface area contributed by atoms with Gasteiger partial charge < -0.3 is 10.2 Å². The lowest BCUT2D eigenvalue weighted by molar-refractivity contribution is 0.104. The first-order valence-electron chi connectivity index (χ1n) is 8.26. The van der Waals surface area contributed by atoms with Gasteiger partial charge in [0.05, 0.1) is 0 Å². The third-order valence-corrected chi connectivity index (χ3v) is 4.36. The Balaban J connectivity index is 1.94. The topological polar surface area (TPSA) is 32.3 Å². The molecule has 0 radical (unpaired) electrons. The average Bonchev–Trinajstić information content (AvgIpc) is 2.53. The zero-order valence-electron chi connectivity index (χ0n) is 14.8. The SMILES string of the molecule is CN(C)c1ccc(C(=O)/C=C2\NC(C)(C)Cc3ccccc32)cc1. The number of ketones is 1. The molecule has 1 aliphatic heterocycles. The highest BCUT2D eigenvalue weighted by Gasteiger charge is 2.27. The number of benzene rings is 2. The Labute approximate surface area is 144 Å². The summed E-state index contributed by atoms with van der Waals surface area (Å²) in [5, 5.41) is 3.51. The first-order valence-corrected chi connectivity index (χ1v) is 8.26. The standard InChI is InChI=1S/C21H24N2O/c1-21(2)14-16-7-5-6-8-18(16)19(22-21)13-20(24)15-9-11-17(12-10-15)23(3)4/h5-13,22H,14H2,1-4H3/b19-13-. The molecule has 0 amide bonds. The summed E-state index contributed by atoms with van der Waals surface area (Å²) in [6.07, 6.45) is 2.68. The zero-order valence-corrected chi connectivity index (χ0v) is 14.8. The quantitative estimate of drug-likeness (QED) is 0.687. The fourth-order valence-corrected chi connectivity index (χ4v) is 3.14. The molecule has 3 heteroatoms. The minimum Gasteiger partial charge on any atom is -0.379 e. The van der Waals surface area contributed by atoms with Crippen LogP contribution in [-0.2, 0) is 6.42 Å². The molecule has 0 unspecified atom stereocenters. The van der Waals surface area contributed by atoms with Crippen molar-refractivity contribution < 1.29 is 4.79 Å². The van der Waals surface area contributed by atoms with E-state index in [1.54, 1.807) is 6.08 Å². The van der Waals surface area contributed by atoms with Crippen LogP contribution in [0.2, 0.25) is 0 Å². The zero-order chi connectivity index (χ0) is 17.3. The van der Waals surface area contributed by atoms with Crippen molar-refractivity contribution in [3.63, 3.8) is 0 Å². The summed E-state index contributed by atoms with van der Waals surface area (Å²) in [4.78, 5) is 14.7. The summed E-state index contributed by atoms with van der Waals surface area (Å²) >= 11 is 0. The number of allylic oxidation sites excluding steroid dienone is 1. The van der Waals surface area contributed by atoms with E-state index >= 15 is 0 Å². The van der Waals surface area contributed by atoms with Crippen LogP contribution in [0.3, 0.4) is 0 Å². The van der Waals surface area contributed by atoms with Gasteiger partial charge in [0, 0.05) is 48.2 Å². The van der Waals surface area contributed by atoms with Crippen LogP contribution in [0.4, 0.5) is 5.69 Å². The molecule has 0 aliphatic carbocycles. The Morgan fingerprint density at radius 2 is 1.75 bits per heavy atom. The molecular weight excluding hydrogens is 296 g/mol. The molecule has 1 heterocycles. The Bertz CT molecular complexity index is 786. The van der Waals surface area contributed by atoms with E-state index in [0.29, 0.717) is 5.56 Å². The third kappa shape index (κ3) is 3.35. The molecule has 0 aromatic heterocycles. The number of carbonyl (C=O) groups is 1. The van der Waals surface area contributed by atoms with Crippen LogP contribution < -0.4 is 10.2 Å². The van der Waals surface area contributed by atoms with E-state index in [4.69, 9.17) is 0 Å². The lowest BCUT2D eigenvalue weighted by Crippen LogP contribution is -2.43. The highest BCUT2D eigenvalue weighted by molar-refractivity contribution is 6.08. The minimum absolute atomic E-state index is 0.0234. The summed E-state index contributed by atoms with van der Waals surface area (Å²) in [5.74, 6) is 0.0234. The maximum atomic E-state index is 12.7. The Morgan fingerprint density at radius 1 is 1.08 bits per heavy atom. The van der Waals surface area contributed by atoms with E-state index in [1.165, 1.54) is 5.56 Å². The summed E-state index contributed by atoms with van der Waals surface area (Å²) in [5.41, 5.74) is 5.04. The average molecular weight is 320 g/mol. The maximum absolute atomic E-state index is 12.7. The highest BCUT2D eigenvalue weighted by atomic mass is 16.1. The van der Waals surface area contributed by atoms with Gasteiger partial charge in [-0.25, -0.2) is 0 Å². The predicted octanol–water partition coefficient (Wildman–Crippen LogP) is 3.90. The van der Waals surface area contributed by atoms with E-state index in [-0.39, 0.29) is 11.3 Å². The van der Waals surface area contributed by atoms with E-state index in [0.717, 1.165) is 23.4 Å². The molecule has 3 rings (SSSR count). The fraction of sp³-hybridized carbons (Fsp3) is 0.286. The molecule has 0 bridgehead atoms. The molecular formula is C21H24N2O. The molecule has 3 nitrogen and oxygen atoms in total. The van der Waals surface area contributed by atoms with Gasteiger partial charge in [0.15, 0.2) is 5.78 Å². The number of rotatable bonds is 3. The molecule has 0 spiro atoms. The van der Waals surface area contributed by atoms with Crippen molar-refractivity contribution in [3.8, 4) is 0 Å². The van der Waals surface area contributed by atoms with Gasteiger partial charge in [-0.2, -0.15) is 0 Å². The normalized spacial score (nSPS) is 17.1. The van der Waals surface area contributed by atoms with E-state index in [2.05, 4.69) is 37.4 Å². The first kappa shape index (κ1) is 16.3. The Morgan fingerprint density at radius 3 is 2.42 bits per heavy atom. The number of carbonyl (C=O) groups excluding carboxylic acids is 1. The van der Waals surface area contributed by atoms with Gasteiger partial charge in [-0.1, -0.05) is 24.3 Å². The van der Waals surface area contributed by atoms with Crippen molar-refractivity contribution in [3.05, 3.63) is 71.3 Å². The molecule has 2 aromatic carbocycles. The van der Waals surface area contributed by atoms with Gasteiger partial charge in [0.2, 0.25) is 0 Å². The van der Waals surface area contributed by atoms with E-state index < -0.39 is 0 Å². The lowest BCUT2D eigenvalue weighted by atomic mass is 9.85. The molecule has 0 saturated carbocycles. The minimum atomic E-state index is -0.0603. The second-order valence-corrected chi connectivity index (χ2v) is 7.21. The van der Waals surface area contributed by atoms with Crippen molar-refractivity contribution in [2.24, 2.45) is 0 Å². The molecule has 2 aromatic rings. The summed E-state index contributed by atoms with van der Waals surface area (Å²) in [6.45, 7) is 4.32. The van der Waals surface area contributed by atoms with E-state index in [9.17, 15) is 4.79 Å². The van der Waals surface area contributed by atoms with Crippen LogP contribution in [0, 0.1) is 0 Å². The monoisotopic (exact) mass is 320 g/mol. The van der Waals surface area contributed by atoms with Crippen LogP contribution in [0.25, 0.3) is 5.70 Å². The molecule has 24 heavy (non-hydrogen) atoms. The highest BCUT2D eigenvalue weighted by Crippen LogP contribution is 2.29. The van der Waals surface area contributed by atoms with Gasteiger partial charge in [0.25, 0.3) is 0 Å². The molecule has 0 fully saturated rings. The van der Waals surface area contributed by atoms with Crippen molar-refractivity contribution in [2.75, 3.05) is 19.0 Å². The van der Waals surface area contributed by atoms with Crippen molar-refractivity contribution in [2.45, 2.75) is 25.8 Å². The summed E-state index contributed by atoms with van der Waals surface area (Å²) in [6, 6.07) is 16.0. The smallest absolute Gasteiger partial charge is 0.187 e. The Kier molecular flexibility index (Phi) is 4.18. The van der Waals surface area contributed by atoms with Gasteiger partial charge in [-0.15, -0.1) is 0 Å². The van der Waals surface area contributed by atoms with Gasteiger partial charge in [-0.3, -0.25) is 4.79 Å². The van der Waals surface area contributed by atoms with Crippen LogP contribution in [0.1, 0.15) is 35.3 Å². The number of hydrogen-bond donors (Lipinski definition) is 1. The molecule has 1 N–H and O–H groups in total.